The van der Waals surface area contributed by atoms with E-state index in [1.807, 2.05) is 0 Å². The maximum atomic E-state index is 11.2. The smallest absolute Gasteiger partial charge is 0.344 e. The van der Waals surface area contributed by atoms with Gasteiger partial charge < -0.3 is 15.2 Å². The molecule has 0 aliphatic carbocycles. The van der Waals surface area contributed by atoms with Crippen LogP contribution in [0.15, 0.2) is 24.3 Å². The van der Waals surface area contributed by atoms with Gasteiger partial charge in [0.2, 0.25) is 0 Å². The SMILES string of the molecule is CCOC(=O)COc1cccc(-c2n[nH]nc2C(N)=O)c1. The van der Waals surface area contributed by atoms with Crippen LogP contribution in [0.25, 0.3) is 11.3 Å². The molecular formula is C13H14N4O4. The van der Waals surface area contributed by atoms with Crippen molar-refractivity contribution in [2.45, 2.75) is 6.92 Å². The fraction of sp³-hybridized carbons (Fsp3) is 0.231. The van der Waals surface area contributed by atoms with Gasteiger partial charge in [-0.3, -0.25) is 4.79 Å². The van der Waals surface area contributed by atoms with Crippen LogP contribution in [0.1, 0.15) is 17.4 Å². The van der Waals surface area contributed by atoms with Gasteiger partial charge in [0.25, 0.3) is 5.91 Å². The standard InChI is InChI=1S/C13H14N4O4/c1-2-20-10(18)7-21-9-5-3-4-8(6-9)11-12(13(14)19)16-17-15-11/h3-6H,2,7H2,1H3,(H2,14,19)(H,15,16,17). The highest BCUT2D eigenvalue weighted by Gasteiger charge is 2.15. The number of aromatic amines is 1. The molecule has 0 radical (unpaired) electrons. The molecule has 8 nitrogen and oxygen atoms in total. The largest absolute Gasteiger partial charge is 0.482 e. The molecule has 0 spiro atoms. The molecule has 0 aliphatic rings. The normalized spacial score (nSPS) is 10.1. The summed E-state index contributed by atoms with van der Waals surface area (Å²) in [6.07, 6.45) is 0. The number of carbonyl (C=O) groups is 2. The van der Waals surface area contributed by atoms with Gasteiger partial charge in [0.1, 0.15) is 11.4 Å². The fourth-order valence-electron chi connectivity index (χ4n) is 1.68. The first kappa shape index (κ1) is 14.5. The molecule has 2 aromatic rings. The minimum atomic E-state index is -0.684. The number of ether oxygens (including phenoxy) is 2. The van der Waals surface area contributed by atoms with Crippen molar-refractivity contribution in [1.82, 2.24) is 15.4 Å². The van der Waals surface area contributed by atoms with Gasteiger partial charge in [-0.05, 0) is 19.1 Å². The molecule has 0 saturated carbocycles. The number of nitrogens with two attached hydrogens (primary N) is 1. The second-order valence-corrected chi connectivity index (χ2v) is 4.01. The van der Waals surface area contributed by atoms with E-state index >= 15 is 0 Å². The Bertz CT molecular complexity index is 653. The van der Waals surface area contributed by atoms with Gasteiger partial charge in [-0.25, -0.2) is 4.79 Å². The summed E-state index contributed by atoms with van der Waals surface area (Å²) in [6.45, 7) is 1.82. The van der Waals surface area contributed by atoms with Crippen molar-refractivity contribution in [3.8, 4) is 17.0 Å². The van der Waals surface area contributed by atoms with Crippen LogP contribution in [0.5, 0.6) is 5.75 Å². The molecule has 0 atom stereocenters. The predicted molar refractivity (Wildman–Crippen MR) is 72.5 cm³/mol. The highest BCUT2D eigenvalue weighted by Crippen LogP contribution is 2.23. The number of primary amides is 1. The van der Waals surface area contributed by atoms with Crippen molar-refractivity contribution in [3.63, 3.8) is 0 Å². The van der Waals surface area contributed by atoms with E-state index < -0.39 is 11.9 Å². The number of nitrogens with one attached hydrogen (secondary N) is 1. The zero-order chi connectivity index (χ0) is 15.2. The van der Waals surface area contributed by atoms with Crippen LogP contribution in [-0.2, 0) is 9.53 Å². The van der Waals surface area contributed by atoms with Gasteiger partial charge >= 0.3 is 5.97 Å². The lowest BCUT2D eigenvalue weighted by Gasteiger charge is -2.07. The molecule has 110 valence electrons. The Balaban J connectivity index is 2.16. The topological polar surface area (TPSA) is 120 Å². The summed E-state index contributed by atoms with van der Waals surface area (Å²) in [7, 11) is 0. The van der Waals surface area contributed by atoms with Crippen molar-refractivity contribution in [1.29, 1.82) is 0 Å². The molecule has 8 heteroatoms. The summed E-state index contributed by atoms with van der Waals surface area (Å²) in [5.41, 5.74) is 6.17. The highest BCUT2D eigenvalue weighted by molar-refractivity contribution is 5.96. The number of esters is 1. The van der Waals surface area contributed by atoms with Crippen molar-refractivity contribution in [2.75, 3.05) is 13.2 Å². The first-order valence-electron chi connectivity index (χ1n) is 6.21. The minimum Gasteiger partial charge on any atom is -0.482 e. The van der Waals surface area contributed by atoms with E-state index in [1.54, 1.807) is 31.2 Å². The van der Waals surface area contributed by atoms with Gasteiger partial charge in [0, 0.05) is 5.56 Å². The van der Waals surface area contributed by atoms with E-state index in [0.29, 0.717) is 23.6 Å². The average molecular weight is 290 g/mol. The molecule has 0 fully saturated rings. The van der Waals surface area contributed by atoms with Gasteiger partial charge in [0.05, 0.1) is 6.61 Å². The van der Waals surface area contributed by atoms with Gasteiger partial charge in [0.15, 0.2) is 12.3 Å². The molecule has 3 N–H and O–H groups in total. The molecule has 1 amide bonds. The highest BCUT2D eigenvalue weighted by atomic mass is 16.6. The summed E-state index contributed by atoms with van der Waals surface area (Å²) < 4.78 is 10.1. The quantitative estimate of drug-likeness (QED) is 0.748. The first-order valence-corrected chi connectivity index (χ1v) is 6.21. The van der Waals surface area contributed by atoms with Crippen LogP contribution < -0.4 is 10.5 Å². The van der Waals surface area contributed by atoms with Crippen LogP contribution in [-0.4, -0.2) is 40.5 Å². The number of nitrogens with zero attached hydrogens (tertiary/aromatic N) is 2. The Morgan fingerprint density at radius 2 is 2.14 bits per heavy atom. The van der Waals surface area contributed by atoms with E-state index in [4.69, 9.17) is 15.2 Å². The van der Waals surface area contributed by atoms with E-state index in [2.05, 4.69) is 15.4 Å². The Kier molecular flexibility index (Phi) is 4.50. The summed E-state index contributed by atoms with van der Waals surface area (Å²) in [5.74, 6) is -0.697. The third kappa shape index (κ3) is 3.56. The minimum absolute atomic E-state index is 0.0394. The molecule has 1 heterocycles. The number of amides is 1. The van der Waals surface area contributed by atoms with Gasteiger partial charge in [-0.1, -0.05) is 12.1 Å². The van der Waals surface area contributed by atoms with Crippen molar-refractivity contribution < 1.29 is 19.1 Å². The number of H-pyrrole nitrogens is 1. The molecule has 1 aromatic heterocycles. The molecule has 1 aromatic carbocycles. The predicted octanol–water partition coefficient (Wildman–Crippen LogP) is 0.513. The van der Waals surface area contributed by atoms with Crippen LogP contribution in [0.2, 0.25) is 0 Å². The van der Waals surface area contributed by atoms with Crippen LogP contribution in [0.3, 0.4) is 0 Å². The van der Waals surface area contributed by atoms with E-state index in [1.165, 1.54) is 0 Å². The molecular weight excluding hydrogens is 276 g/mol. The fourth-order valence-corrected chi connectivity index (χ4v) is 1.68. The molecule has 21 heavy (non-hydrogen) atoms. The third-order valence-electron chi connectivity index (χ3n) is 2.55. The van der Waals surface area contributed by atoms with Crippen LogP contribution >= 0.6 is 0 Å². The number of carbonyl (C=O) groups excluding carboxylic acids is 2. The van der Waals surface area contributed by atoms with Crippen molar-refractivity contribution >= 4 is 11.9 Å². The number of hydrogen-bond donors (Lipinski definition) is 2. The average Bonchev–Trinajstić information content (AvgIpc) is 2.95. The second-order valence-electron chi connectivity index (χ2n) is 4.01. The Morgan fingerprint density at radius 3 is 2.86 bits per heavy atom. The lowest BCUT2D eigenvalue weighted by molar-refractivity contribution is -0.145. The Labute approximate surface area is 120 Å². The third-order valence-corrected chi connectivity index (χ3v) is 2.55. The van der Waals surface area contributed by atoms with E-state index in [9.17, 15) is 9.59 Å². The van der Waals surface area contributed by atoms with E-state index in [0.717, 1.165) is 0 Å². The lowest BCUT2D eigenvalue weighted by Crippen LogP contribution is -2.14. The molecule has 0 aliphatic heterocycles. The maximum Gasteiger partial charge on any atom is 0.344 e. The van der Waals surface area contributed by atoms with Crippen LogP contribution in [0, 0.1) is 0 Å². The molecule has 2 rings (SSSR count). The second kappa shape index (κ2) is 6.51. The molecule has 0 unspecified atom stereocenters. The zero-order valence-electron chi connectivity index (χ0n) is 11.3. The Hall–Kier alpha value is -2.90. The zero-order valence-corrected chi connectivity index (χ0v) is 11.3. The molecule has 0 bridgehead atoms. The van der Waals surface area contributed by atoms with Gasteiger partial charge in [-0.15, -0.1) is 0 Å². The first-order chi connectivity index (χ1) is 10.1. The Morgan fingerprint density at radius 1 is 1.33 bits per heavy atom. The van der Waals surface area contributed by atoms with Crippen molar-refractivity contribution in [2.24, 2.45) is 5.73 Å². The van der Waals surface area contributed by atoms with Gasteiger partial charge in [-0.2, -0.15) is 15.4 Å². The monoisotopic (exact) mass is 290 g/mol. The number of rotatable bonds is 6. The van der Waals surface area contributed by atoms with Crippen LogP contribution in [0.4, 0.5) is 0 Å². The van der Waals surface area contributed by atoms with Crippen molar-refractivity contribution in [3.05, 3.63) is 30.0 Å². The van der Waals surface area contributed by atoms with E-state index in [-0.39, 0.29) is 12.3 Å². The number of aromatic nitrogens is 3. The summed E-state index contributed by atoms with van der Waals surface area (Å²) >= 11 is 0. The summed E-state index contributed by atoms with van der Waals surface area (Å²) in [4.78, 5) is 22.5. The molecule has 0 saturated heterocycles. The lowest BCUT2D eigenvalue weighted by atomic mass is 10.1. The number of benzene rings is 1. The maximum absolute atomic E-state index is 11.2. The summed E-state index contributed by atoms with van der Waals surface area (Å²) in [6, 6.07) is 6.73. The summed E-state index contributed by atoms with van der Waals surface area (Å²) in [5, 5.41) is 9.93. The number of hydrogen-bond acceptors (Lipinski definition) is 6.